The summed E-state index contributed by atoms with van der Waals surface area (Å²) in [5, 5.41) is 11.0. The van der Waals surface area contributed by atoms with Gasteiger partial charge in [0.15, 0.2) is 0 Å². The van der Waals surface area contributed by atoms with Crippen LogP contribution in [-0.2, 0) is 19.1 Å². The maximum Gasteiger partial charge on any atom is 0.326 e. The molecule has 6 nitrogen and oxygen atoms in total. The van der Waals surface area contributed by atoms with E-state index in [4.69, 9.17) is 16.3 Å². The van der Waals surface area contributed by atoms with E-state index in [0.29, 0.717) is 0 Å². The zero-order valence-electron chi connectivity index (χ0n) is 10.6. The van der Waals surface area contributed by atoms with E-state index in [1.54, 1.807) is 20.8 Å². The summed E-state index contributed by atoms with van der Waals surface area (Å²) in [4.78, 5) is 33.5. The highest BCUT2D eigenvalue weighted by molar-refractivity contribution is 5.87. The SMILES string of the molecule is C#CCC(=O)N[C@@H](CC(=O)OC(C)(C)C)C(=O)O. The first-order valence-electron chi connectivity index (χ1n) is 5.33. The quantitative estimate of drug-likeness (QED) is 0.545. The van der Waals surface area contributed by atoms with E-state index in [9.17, 15) is 14.4 Å². The number of terminal acetylenes is 1. The summed E-state index contributed by atoms with van der Waals surface area (Å²) in [6.45, 7) is 4.99. The van der Waals surface area contributed by atoms with Crippen molar-refractivity contribution in [1.82, 2.24) is 5.32 Å². The van der Waals surface area contributed by atoms with E-state index in [-0.39, 0.29) is 6.42 Å². The van der Waals surface area contributed by atoms with Crippen LogP contribution in [0.5, 0.6) is 0 Å². The Balaban J connectivity index is 4.47. The molecule has 0 fully saturated rings. The van der Waals surface area contributed by atoms with E-state index in [2.05, 4.69) is 11.2 Å². The van der Waals surface area contributed by atoms with Gasteiger partial charge in [-0.15, -0.1) is 6.42 Å². The summed E-state index contributed by atoms with van der Waals surface area (Å²) in [7, 11) is 0. The molecule has 0 rings (SSSR count). The summed E-state index contributed by atoms with van der Waals surface area (Å²) in [5.74, 6) is -0.547. The molecule has 0 spiro atoms. The normalized spacial score (nSPS) is 12.1. The Morgan fingerprint density at radius 3 is 2.33 bits per heavy atom. The lowest BCUT2D eigenvalue weighted by Gasteiger charge is -2.21. The van der Waals surface area contributed by atoms with Crippen molar-refractivity contribution in [2.24, 2.45) is 0 Å². The van der Waals surface area contributed by atoms with Crippen LogP contribution in [0.4, 0.5) is 0 Å². The van der Waals surface area contributed by atoms with Gasteiger partial charge in [0.1, 0.15) is 11.6 Å². The molecule has 0 aliphatic heterocycles. The van der Waals surface area contributed by atoms with E-state index in [1.807, 2.05) is 0 Å². The lowest BCUT2D eigenvalue weighted by atomic mass is 10.1. The number of aliphatic carboxylic acids is 1. The molecule has 0 heterocycles. The predicted octanol–water partition coefficient (Wildman–Crippen LogP) is 0.311. The van der Waals surface area contributed by atoms with Crippen LogP contribution in [0.3, 0.4) is 0 Å². The second-order valence-corrected chi connectivity index (χ2v) is 4.63. The molecule has 18 heavy (non-hydrogen) atoms. The zero-order chi connectivity index (χ0) is 14.3. The molecule has 1 amide bonds. The molecular weight excluding hydrogens is 238 g/mol. The van der Waals surface area contributed by atoms with Crippen LogP contribution in [0, 0.1) is 12.3 Å². The van der Waals surface area contributed by atoms with Crippen molar-refractivity contribution in [3.8, 4) is 12.3 Å². The van der Waals surface area contributed by atoms with Crippen molar-refractivity contribution in [2.45, 2.75) is 45.3 Å². The number of ether oxygens (including phenoxy) is 1. The number of carboxylic acid groups (broad SMARTS) is 1. The van der Waals surface area contributed by atoms with E-state index in [1.165, 1.54) is 0 Å². The molecule has 0 aliphatic carbocycles. The number of carbonyl (C=O) groups is 3. The van der Waals surface area contributed by atoms with Gasteiger partial charge >= 0.3 is 11.9 Å². The largest absolute Gasteiger partial charge is 0.480 e. The van der Waals surface area contributed by atoms with Crippen LogP contribution in [-0.4, -0.2) is 34.6 Å². The highest BCUT2D eigenvalue weighted by Gasteiger charge is 2.26. The van der Waals surface area contributed by atoms with Gasteiger partial charge in [-0.1, -0.05) is 5.92 Å². The lowest BCUT2D eigenvalue weighted by molar-refractivity contribution is -0.158. The highest BCUT2D eigenvalue weighted by atomic mass is 16.6. The van der Waals surface area contributed by atoms with E-state index < -0.39 is 35.9 Å². The number of hydrogen-bond donors (Lipinski definition) is 2. The van der Waals surface area contributed by atoms with E-state index >= 15 is 0 Å². The topological polar surface area (TPSA) is 92.7 Å². The Morgan fingerprint density at radius 2 is 1.94 bits per heavy atom. The third-order valence-electron chi connectivity index (χ3n) is 1.69. The maximum atomic E-state index is 11.4. The molecule has 6 heteroatoms. The molecule has 0 saturated carbocycles. The molecule has 0 saturated heterocycles. The van der Waals surface area contributed by atoms with Crippen LogP contribution >= 0.6 is 0 Å². The minimum atomic E-state index is -1.33. The highest BCUT2D eigenvalue weighted by Crippen LogP contribution is 2.09. The van der Waals surface area contributed by atoms with Crippen LogP contribution in [0.25, 0.3) is 0 Å². The van der Waals surface area contributed by atoms with Gasteiger partial charge in [0, 0.05) is 0 Å². The average Bonchev–Trinajstić information content (AvgIpc) is 2.13. The predicted molar refractivity (Wildman–Crippen MR) is 63.5 cm³/mol. The molecule has 0 bridgehead atoms. The number of rotatable bonds is 5. The van der Waals surface area contributed by atoms with Gasteiger partial charge in [-0.05, 0) is 20.8 Å². The van der Waals surface area contributed by atoms with Crippen LogP contribution in [0.15, 0.2) is 0 Å². The summed E-state index contributed by atoms with van der Waals surface area (Å²) < 4.78 is 4.97. The number of amides is 1. The Morgan fingerprint density at radius 1 is 1.39 bits per heavy atom. The molecule has 2 N–H and O–H groups in total. The van der Waals surface area contributed by atoms with Gasteiger partial charge < -0.3 is 15.2 Å². The minimum Gasteiger partial charge on any atom is -0.480 e. The molecule has 0 unspecified atom stereocenters. The van der Waals surface area contributed by atoms with Crippen LogP contribution < -0.4 is 5.32 Å². The summed E-state index contributed by atoms with van der Waals surface area (Å²) in [6.07, 6.45) is 4.24. The third kappa shape index (κ3) is 7.28. The van der Waals surface area contributed by atoms with Gasteiger partial charge in [-0.25, -0.2) is 4.79 Å². The van der Waals surface area contributed by atoms with Crippen LogP contribution in [0.1, 0.15) is 33.6 Å². The first-order chi connectivity index (χ1) is 8.15. The molecule has 0 aromatic carbocycles. The fraction of sp³-hybridized carbons (Fsp3) is 0.583. The Labute approximate surface area is 106 Å². The smallest absolute Gasteiger partial charge is 0.326 e. The number of carboxylic acids is 1. The Kier molecular flexibility index (Phi) is 5.89. The minimum absolute atomic E-state index is 0.238. The number of nitrogens with one attached hydrogen (secondary N) is 1. The van der Waals surface area contributed by atoms with Crippen molar-refractivity contribution in [3.63, 3.8) is 0 Å². The molecule has 100 valence electrons. The monoisotopic (exact) mass is 255 g/mol. The summed E-state index contributed by atoms with van der Waals surface area (Å²) >= 11 is 0. The third-order valence-corrected chi connectivity index (χ3v) is 1.69. The lowest BCUT2D eigenvalue weighted by Crippen LogP contribution is -2.43. The Bertz CT molecular complexity index is 375. The zero-order valence-corrected chi connectivity index (χ0v) is 10.6. The first-order valence-corrected chi connectivity index (χ1v) is 5.33. The van der Waals surface area contributed by atoms with Gasteiger partial charge in [0.25, 0.3) is 0 Å². The van der Waals surface area contributed by atoms with Gasteiger partial charge in [-0.3, -0.25) is 9.59 Å². The van der Waals surface area contributed by atoms with Crippen molar-refractivity contribution < 1.29 is 24.2 Å². The van der Waals surface area contributed by atoms with Crippen LogP contribution in [0.2, 0.25) is 0 Å². The fourth-order valence-electron chi connectivity index (χ4n) is 1.09. The van der Waals surface area contributed by atoms with Gasteiger partial charge in [0.2, 0.25) is 5.91 Å². The van der Waals surface area contributed by atoms with Gasteiger partial charge in [-0.2, -0.15) is 0 Å². The number of esters is 1. The fourth-order valence-corrected chi connectivity index (χ4v) is 1.09. The van der Waals surface area contributed by atoms with Gasteiger partial charge in [0.05, 0.1) is 12.8 Å². The standard InChI is InChI=1S/C12H17NO5/c1-5-6-9(14)13-8(11(16)17)7-10(15)18-12(2,3)4/h1,8H,6-7H2,2-4H3,(H,13,14)(H,16,17)/t8-/m0/s1. The summed E-state index contributed by atoms with van der Waals surface area (Å²) in [6, 6.07) is -1.33. The second-order valence-electron chi connectivity index (χ2n) is 4.63. The molecule has 0 radical (unpaired) electrons. The molecular formula is C12H17NO5. The molecule has 0 aromatic rings. The van der Waals surface area contributed by atoms with Crippen molar-refractivity contribution >= 4 is 17.8 Å². The number of carbonyl (C=O) groups excluding carboxylic acids is 2. The second kappa shape index (κ2) is 6.64. The summed E-state index contributed by atoms with van der Waals surface area (Å²) in [5.41, 5.74) is -0.705. The molecule has 0 aromatic heterocycles. The van der Waals surface area contributed by atoms with E-state index in [0.717, 1.165) is 0 Å². The van der Waals surface area contributed by atoms with Crippen molar-refractivity contribution in [3.05, 3.63) is 0 Å². The van der Waals surface area contributed by atoms with Crippen molar-refractivity contribution in [2.75, 3.05) is 0 Å². The number of hydrogen-bond acceptors (Lipinski definition) is 4. The molecule has 1 atom stereocenters. The van der Waals surface area contributed by atoms with Crippen molar-refractivity contribution in [1.29, 1.82) is 0 Å². The first kappa shape index (κ1) is 16.0. The maximum absolute atomic E-state index is 11.4. The molecule has 0 aliphatic rings. The average molecular weight is 255 g/mol. The Hall–Kier alpha value is -2.03.